The van der Waals surface area contributed by atoms with E-state index in [1.54, 1.807) is 24.3 Å². The van der Waals surface area contributed by atoms with Gasteiger partial charge >= 0.3 is 0 Å². The van der Waals surface area contributed by atoms with E-state index in [0.29, 0.717) is 27.6 Å². The Morgan fingerprint density at radius 1 is 1.19 bits per heavy atom. The van der Waals surface area contributed by atoms with E-state index < -0.39 is 0 Å². The zero-order chi connectivity index (χ0) is 19.1. The van der Waals surface area contributed by atoms with Gasteiger partial charge in [-0.05, 0) is 35.8 Å². The Bertz CT molecular complexity index is 864. The molecule has 0 heterocycles. The number of ether oxygens (including phenoxy) is 2. The lowest BCUT2D eigenvalue weighted by molar-refractivity contribution is 0.104. The summed E-state index contributed by atoms with van der Waals surface area (Å²) in [6.07, 6.45) is 3.49. The molecular formula is C21H20ClNO3. The summed E-state index contributed by atoms with van der Waals surface area (Å²) < 4.78 is 10.4. The molecule has 0 spiro atoms. The lowest BCUT2D eigenvalue weighted by atomic mass is 9.99. The van der Waals surface area contributed by atoms with E-state index in [-0.39, 0.29) is 11.4 Å². The van der Waals surface area contributed by atoms with Crippen LogP contribution in [0, 0.1) is 11.3 Å². The first-order chi connectivity index (χ1) is 12.5. The van der Waals surface area contributed by atoms with E-state index in [0.717, 1.165) is 12.8 Å². The molecule has 0 N–H and O–H groups in total. The molecule has 0 aliphatic heterocycles. The lowest BCUT2D eigenvalue weighted by Crippen LogP contribution is -2.02. The summed E-state index contributed by atoms with van der Waals surface area (Å²) >= 11 is 6.18. The number of rotatable bonds is 7. The normalized spacial score (nSPS) is 11.0. The zero-order valence-corrected chi connectivity index (χ0v) is 15.8. The molecular weight excluding hydrogens is 350 g/mol. The van der Waals surface area contributed by atoms with E-state index in [1.165, 1.54) is 25.9 Å². The third kappa shape index (κ3) is 4.44. The van der Waals surface area contributed by atoms with Gasteiger partial charge in [0.05, 0.1) is 19.2 Å². The molecule has 0 saturated carbocycles. The van der Waals surface area contributed by atoms with Crippen molar-refractivity contribution in [3.05, 3.63) is 63.7 Å². The summed E-state index contributed by atoms with van der Waals surface area (Å²) in [4.78, 5) is 12.6. The summed E-state index contributed by atoms with van der Waals surface area (Å²) in [5.74, 6) is 0.504. The van der Waals surface area contributed by atoms with Crippen molar-refractivity contribution in [1.29, 1.82) is 5.26 Å². The second-order valence-corrected chi connectivity index (χ2v) is 6.09. The van der Waals surface area contributed by atoms with Crippen LogP contribution >= 0.6 is 11.6 Å². The number of ketones is 1. The molecule has 0 radical (unpaired) electrons. The van der Waals surface area contributed by atoms with Crippen LogP contribution in [0.5, 0.6) is 11.5 Å². The number of carbonyl (C=O) groups excluding carboxylic acids is 1. The van der Waals surface area contributed by atoms with Gasteiger partial charge in [-0.2, -0.15) is 5.26 Å². The first kappa shape index (κ1) is 19.6. The highest BCUT2D eigenvalue weighted by Gasteiger charge is 2.14. The molecule has 5 heteroatoms. The van der Waals surface area contributed by atoms with Crippen LogP contribution in [0.4, 0.5) is 0 Å². The van der Waals surface area contributed by atoms with Crippen LogP contribution in [0.1, 0.15) is 34.8 Å². The van der Waals surface area contributed by atoms with Gasteiger partial charge in [-0.3, -0.25) is 4.79 Å². The minimum atomic E-state index is -0.332. The molecule has 0 aliphatic rings. The van der Waals surface area contributed by atoms with Gasteiger partial charge < -0.3 is 9.47 Å². The Morgan fingerprint density at radius 3 is 2.42 bits per heavy atom. The van der Waals surface area contributed by atoms with Crippen LogP contribution in [-0.4, -0.2) is 20.0 Å². The fourth-order valence-corrected chi connectivity index (χ4v) is 2.90. The molecule has 0 fully saturated rings. The van der Waals surface area contributed by atoms with Crippen LogP contribution in [-0.2, 0) is 6.42 Å². The monoisotopic (exact) mass is 369 g/mol. The van der Waals surface area contributed by atoms with E-state index in [2.05, 4.69) is 6.92 Å². The predicted molar refractivity (Wildman–Crippen MR) is 103 cm³/mol. The number of nitrogens with zero attached hydrogens (tertiary/aromatic N) is 1. The van der Waals surface area contributed by atoms with Gasteiger partial charge in [0.1, 0.15) is 11.6 Å². The molecule has 0 aliphatic carbocycles. The van der Waals surface area contributed by atoms with E-state index in [1.807, 2.05) is 18.2 Å². The third-order valence-corrected chi connectivity index (χ3v) is 4.17. The number of Topliss-reactive ketones (excluding diaryl/α,β-unsaturated/α-hetero) is 1. The first-order valence-corrected chi connectivity index (χ1v) is 8.58. The van der Waals surface area contributed by atoms with Crippen LogP contribution in [0.2, 0.25) is 5.02 Å². The summed E-state index contributed by atoms with van der Waals surface area (Å²) in [6.45, 7) is 2.10. The zero-order valence-electron chi connectivity index (χ0n) is 15.0. The molecule has 2 aromatic rings. The number of halogens is 1. The Balaban J connectivity index is 2.37. The molecule has 0 unspecified atom stereocenters. The number of methoxy groups -OCH3 is 2. The summed E-state index contributed by atoms with van der Waals surface area (Å²) in [5.41, 5.74) is 2.25. The van der Waals surface area contributed by atoms with Gasteiger partial charge in [0.25, 0.3) is 0 Å². The minimum absolute atomic E-state index is 0.0246. The average Bonchev–Trinajstić information content (AvgIpc) is 2.66. The molecule has 2 aromatic carbocycles. The van der Waals surface area contributed by atoms with Crippen LogP contribution in [0.25, 0.3) is 6.08 Å². The predicted octanol–water partition coefficient (Wildman–Crippen LogP) is 5.10. The van der Waals surface area contributed by atoms with Gasteiger partial charge in [0.15, 0.2) is 11.5 Å². The second kappa shape index (κ2) is 9.07. The van der Waals surface area contributed by atoms with Crippen molar-refractivity contribution in [2.45, 2.75) is 19.8 Å². The number of aryl methyl sites for hydroxylation is 1. The molecule has 26 heavy (non-hydrogen) atoms. The van der Waals surface area contributed by atoms with E-state index in [9.17, 15) is 10.1 Å². The average molecular weight is 370 g/mol. The Kier molecular flexibility index (Phi) is 6.82. The number of nitriles is 1. The highest BCUT2D eigenvalue weighted by Crippen LogP contribution is 2.36. The number of hydrogen-bond acceptors (Lipinski definition) is 4. The van der Waals surface area contributed by atoms with Gasteiger partial charge in [-0.25, -0.2) is 0 Å². The maximum atomic E-state index is 12.6. The first-order valence-electron chi connectivity index (χ1n) is 8.21. The molecule has 0 atom stereocenters. The van der Waals surface area contributed by atoms with Gasteiger partial charge in [-0.15, -0.1) is 0 Å². The Morgan fingerprint density at radius 2 is 1.88 bits per heavy atom. The largest absolute Gasteiger partial charge is 0.493 e. The number of benzene rings is 2. The highest BCUT2D eigenvalue weighted by atomic mass is 35.5. The summed E-state index contributed by atoms with van der Waals surface area (Å²) in [6, 6.07) is 12.6. The molecule has 0 bridgehead atoms. The second-order valence-electron chi connectivity index (χ2n) is 5.68. The Hall–Kier alpha value is -2.77. The molecule has 0 saturated heterocycles. The smallest absolute Gasteiger partial charge is 0.203 e. The number of allylic oxidation sites excluding steroid dienone is 1. The fourth-order valence-electron chi connectivity index (χ4n) is 2.60. The maximum absolute atomic E-state index is 12.6. The topological polar surface area (TPSA) is 59.3 Å². The van der Waals surface area contributed by atoms with Crippen LogP contribution < -0.4 is 9.47 Å². The van der Waals surface area contributed by atoms with E-state index in [4.69, 9.17) is 21.1 Å². The van der Waals surface area contributed by atoms with Crippen molar-refractivity contribution in [3.8, 4) is 17.6 Å². The number of carbonyl (C=O) groups is 1. The van der Waals surface area contributed by atoms with Crippen molar-refractivity contribution in [2.75, 3.05) is 14.2 Å². The van der Waals surface area contributed by atoms with E-state index >= 15 is 0 Å². The molecule has 4 nitrogen and oxygen atoms in total. The van der Waals surface area contributed by atoms with Crippen molar-refractivity contribution in [3.63, 3.8) is 0 Å². The minimum Gasteiger partial charge on any atom is -0.493 e. The van der Waals surface area contributed by atoms with Gasteiger partial charge in [0.2, 0.25) is 5.78 Å². The fraction of sp³-hybridized carbons (Fsp3) is 0.238. The maximum Gasteiger partial charge on any atom is 0.203 e. The molecule has 0 amide bonds. The van der Waals surface area contributed by atoms with Crippen LogP contribution in [0.3, 0.4) is 0 Å². The van der Waals surface area contributed by atoms with Crippen molar-refractivity contribution < 1.29 is 14.3 Å². The van der Waals surface area contributed by atoms with Gasteiger partial charge in [0, 0.05) is 5.56 Å². The van der Waals surface area contributed by atoms with Crippen LogP contribution in [0.15, 0.2) is 42.0 Å². The molecule has 2 rings (SSSR count). The highest BCUT2D eigenvalue weighted by molar-refractivity contribution is 6.32. The standard InChI is InChI=1S/C21H20ClNO3/c1-4-5-14-6-8-16(9-7-14)20(24)17(13-23)10-15-11-18(22)21(26-3)19(12-15)25-2/h6-12H,4-5H2,1-3H3/b17-10+. The molecule has 0 aromatic heterocycles. The lowest BCUT2D eigenvalue weighted by Gasteiger charge is -2.10. The van der Waals surface area contributed by atoms with Gasteiger partial charge in [-0.1, -0.05) is 49.2 Å². The summed E-state index contributed by atoms with van der Waals surface area (Å²) in [7, 11) is 2.99. The summed E-state index contributed by atoms with van der Waals surface area (Å²) in [5, 5.41) is 9.77. The van der Waals surface area contributed by atoms with Crippen molar-refractivity contribution in [2.24, 2.45) is 0 Å². The quantitative estimate of drug-likeness (QED) is 0.387. The molecule has 134 valence electrons. The number of hydrogen-bond donors (Lipinski definition) is 0. The Labute approximate surface area is 158 Å². The van der Waals surface area contributed by atoms with Crippen molar-refractivity contribution in [1.82, 2.24) is 0 Å². The SMILES string of the molecule is CCCc1ccc(C(=O)/C(C#N)=C/c2cc(Cl)c(OC)c(OC)c2)cc1. The third-order valence-electron chi connectivity index (χ3n) is 3.89. The van der Waals surface area contributed by atoms with Crippen molar-refractivity contribution >= 4 is 23.5 Å².